The minimum atomic E-state index is -0.669. The number of para-hydroxylation sites is 1. The zero-order valence-electron chi connectivity index (χ0n) is 17.0. The minimum absolute atomic E-state index is 0.0925. The number of aromatic nitrogens is 1. The number of fused-ring (bicyclic) bond motifs is 1. The fraction of sp³-hybridized carbons (Fsp3) is 0.182. The summed E-state index contributed by atoms with van der Waals surface area (Å²) >= 11 is 1.57. The molecule has 1 saturated heterocycles. The van der Waals surface area contributed by atoms with Crippen molar-refractivity contribution in [2.75, 3.05) is 14.1 Å². The second-order valence-electron chi connectivity index (χ2n) is 7.15. The fourth-order valence-electron chi connectivity index (χ4n) is 3.46. The number of benzene rings is 1. The molecule has 0 aliphatic carbocycles. The molecular weight excluding hydrogens is 416 g/mol. The van der Waals surface area contributed by atoms with Crippen LogP contribution in [0.3, 0.4) is 0 Å². The van der Waals surface area contributed by atoms with Gasteiger partial charge in [0.05, 0.1) is 6.54 Å². The number of likely N-dealkylation sites (N-methyl/N-ethyl adjacent to an activating group) is 2. The van der Waals surface area contributed by atoms with Gasteiger partial charge in [-0.25, -0.2) is 4.79 Å². The predicted molar refractivity (Wildman–Crippen MR) is 117 cm³/mol. The average molecular weight is 436 g/mol. The Bertz CT molecular complexity index is 1200. The first-order chi connectivity index (χ1) is 14.9. The molecule has 0 radical (unpaired) electrons. The van der Waals surface area contributed by atoms with Gasteiger partial charge in [0.15, 0.2) is 0 Å². The van der Waals surface area contributed by atoms with Crippen LogP contribution in [0.2, 0.25) is 0 Å². The number of hydrogen-bond donors (Lipinski definition) is 1. The first kappa shape index (κ1) is 20.5. The molecular formula is C22H20N4O4S. The van der Waals surface area contributed by atoms with Crippen molar-refractivity contribution in [3.8, 4) is 0 Å². The summed E-state index contributed by atoms with van der Waals surface area (Å²) in [6, 6.07) is 10.7. The second-order valence-corrected chi connectivity index (χ2v) is 8.19. The van der Waals surface area contributed by atoms with E-state index in [9.17, 15) is 19.2 Å². The summed E-state index contributed by atoms with van der Waals surface area (Å²) < 4.78 is 1.78. The molecule has 0 atom stereocenters. The molecule has 0 saturated carbocycles. The third kappa shape index (κ3) is 3.87. The number of hydrogen-bond acceptors (Lipinski definition) is 5. The van der Waals surface area contributed by atoms with Crippen molar-refractivity contribution < 1.29 is 19.2 Å². The third-order valence-corrected chi connectivity index (χ3v) is 5.99. The Morgan fingerprint density at radius 1 is 1.03 bits per heavy atom. The molecule has 3 aromatic rings. The van der Waals surface area contributed by atoms with E-state index < -0.39 is 17.8 Å². The topological polar surface area (TPSA) is 91.7 Å². The molecule has 0 spiro atoms. The number of nitrogens with zero attached hydrogens (tertiary/aromatic N) is 3. The Kier molecular flexibility index (Phi) is 5.43. The van der Waals surface area contributed by atoms with Crippen LogP contribution in [0.4, 0.5) is 4.79 Å². The molecule has 0 unspecified atom stereocenters. The van der Waals surface area contributed by atoms with Crippen LogP contribution in [0.25, 0.3) is 17.0 Å². The van der Waals surface area contributed by atoms with Gasteiger partial charge < -0.3 is 9.88 Å². The lowest BCUT2D eigenvalue weighted by Gasteiger charge is -2.28. The summed E-state index contributed by atoms with van der Waals surface area (Å²) in [4.78, 5) is 52.4. The van der Waals surface area contributed by atoms with E-state index in [1.54, 1.807) is 22.1 Å². The van der Waals surface area contributed by atoms with Crippen molar-refractivity contribution in [3.63, 3.8) is 0 Å². The molecule has 1 N–H and O–H groups in total. The van der Waals surface area contributed by atoms with Gasteiger partial charge in [-0.3, -0.25) is 24.2 Å². The van der Waals surface area contributed by atoms with Crippen molar-refractivity contribution in [1.82, 2.24) is 19.7 Å². The first-order valence-electron chi connectivity index (χ1n) is 9.55. The highest BCUT2D eigenvalue weighted by Gasteiger charge is 2.37. The Labute approximate surface area is 182 Å². The van der Waals surface area contributed by atoms with E-state index in [1.165, 1.54) is 20.2 Å². The van der Waals surface area contributed by atoms with Gasteiger partial charge in [-0.05, 0) is 23.6 Å². The van der Waals surface area contributed by atoms with E-state index in [2.05, 4.69) is 5.32 Å². The van der Waals surface area contributed by atoms with Gasteiger partial charge in [-0.2, -0.15) is 0 Å². The summed E-state index contributed by atoms with van der Waals surface area (Å²) in [6.07, 6.45) is 3.21. The zero-order valence-corrected chi connectivity index (χ0v) is 17.8. The second kappa shape index (κ2) is 8.19. The molecule has 158 valence electrons. The van der Waals surface area contributed by atoms with Crippen LogP contribution in [0.5, 0.6) is 0 Å². The summed E-state index contributed by atoms with van der Waals surface area (Å²) in [5, 5.41) is 5.65. The largest absolute Gasteiger partial charge is 0.350 e. The molecule has 31 heavy (non-hydrogen) atoms. The quantitative estimate of drug-likeness (QED) is 0.491. The highest BCUT2D eigenvalue weighted by molar-refractivity contribution is 7.09. The molecule has 8 nitrogen and oxygen atoms in total. The smallest absolute Gasteiger partial charge is 0.333 e. The number of barbiturate groups is 1. The number of amides is 5. The van der Waals surface area contributed by atoms with E-state index in [-0.39, 0.29) is 18.0 Å². The van der Waals surface area contributed by atoms with Crippen molar-refractivity contribution >= 4 is 52.1 Å². The standard InChI is InChI=1S/C22H20N4O4S/c1-24-20(28)17(21(29)25(2)22(24)30)10-14-12-26(18-8-4-3-7-16(14)18)13-19(27)23-11-15-6-5-9-31-15/h3-10,12H,11,13H2,1-2H3,(H,23,27). The molecule has 5 amide bonds. The number of nitrogens with one attached hydrogen (secondary N) is 1. The molecule has 4 rings (SSSR count). The molecule has 1 aromatic carbocycles. The van der Waals surface area contributed by atoms with Crippen molar-refractivity contribution in [1.29, 1.82) is 0 Å². The van der Waals surface area contributed by atoms with Gasteiger partial charge >= 0.3 is 6.03 Å². The van der Waals surface area contributed by atoms with Gasteiger partial charge in [0.2, 0.25) is 5.91 Å². The molecule has 1 aliphatic heterocycles. The van der Waals surface area contributed by atoms with E-state index in [4.69, 9.17) is 0 Å². The van der Waals surface area contributed by atoms with E-state index in [0.717, 1.165) is 25.6 Å². The zero-order chi connectivity index (χ0) is 22.1. The maximum atomic E-state index is 12.5. The van der Waals surface area contributed by atoms with Crippen LogP contribution in [-0.2, 0) is 27.5 Å². The summed E-state index contributed by atoms with van der Waals surface area (Å²) in [6.45, 7) is 0.553. The molecule has 1 aliphatic rings. The Morgan fingerprint density at radius 3 is 2.42 bits per heavy atom. The molecule has 1 fully saturated rings. The fourth-order valence-corrected chi connectivity index (χ4v) is 4.11. The van der Waals surface area contributed by atoms with Gasteiger partial charge in [-0.15, -0.1) is 11.3 Å². The van der Waals surface area contributed by atoms with Crippen molar-refractivity contribution in [2.45, 2.75) is 13.1 Å². The van der Waals surface area contributed by atoms with Gasteiger partial charge in [0.1, 0.15) is 12.1 Å². The lowest BCUT2D eigenvalue weighted by molar-refractivity contribution is -0.134. The van der Waals surface area contributed by atoms with Crippen LogP contribution in [0.1, 0.15) is 10.4 Å². The van der Waals surface area contributed by atoms with Crippen LogP contribution < -0.4 is 5.32 Å². The van der Waals surface area contributed by atoms with Crippen LogP contribution in [0, 0.1) is 0 Å². The third-order valence-electron chi connectivity index (χ3n) is 5.12. The normalized spacial score (nSPS) is 14.5. The monoisotopic (exact) mass is 436 g/mol. The highest BCUT2D eigenvalue weighted by Crippen LogP contribution is 2.26. The predicted octanol–water partition coefficient (Wildman–Crippen LogP) is 2.45. The maximum absolute atomic E-state index is 12.5. The minimum Gasteiger partial charge on any atom is -0.350 e. The van der Waals surface area contributed by atoms with Crippen LogP contribution in [-0.4, -0.2) is 52.2 Å². The Hall–Kier alpha value is -3.72. The van der Waals surface area contributed by atoms with Crippen LogP contribution in [0.15, 0.2) is 53.5 Å². The van der Waals surface area contributed by atoms with Gasteiger partial charge in [0.25, 0.3) is 11.8 Å². The summed E-state index contributed by atoms with van der Waals surface area (Å²) in [5.41, 5.74) is 1.32. The van der Waals surface area contributed by atoms with E-state index >= 15 is 0 Å². The number of imide groups is 2. The molecule has 2 aromatic heterocycles. The van der Waals surface area contributed by atoms with E-state index in [1.807, 2.05) is 41.8 Å². The number of rotatable bonds is 5. The number of carbonyl (C=O) groups is 4. The van der Waals surface area contributed by atoms with E-state index in [0.29, 0.717) is 12.1 Å². The molecule has 0 bridgehead atoms. The maximum Gasteiger partial charge on any atom is 0.333 e. The first-order valence-corrected chi connectivity index (χ1v) is 10.4. The average Bonchev–Trinajstić information content (AvgIpc) is 3.41. The van der Waals surface area contributed by atoms with Gasteiger partial charge in [-0.1, -0.05) is 24.3 Å². The lowest BCUT2D eigenvalue weighted by Crippen LogP contribution is -2.52. The highest BCUT2D eigenvalue weighted by atomic mass is 32.1. The molecule has 9 heteroatoms. The summed E-state index contributed by atoms with van der Waals surface area (Å²) in [7, 11) is 2.67. The SMILES string of the molecule is CN1C(=O)C(=Cc2cn(CC(=O)NCc3cccs3)c3ccccc23)C(=O)N(C)C1=O. The Balaban J connectivity index is 1.64. The number of urea groups is 1. The number of carbonyl (C=O) groups excluding carboxylic acids is 4. The van der Waals surface area contributed by atoms with Crippen LogP contribution >= 0.6 is 11.3 Å². The van der Waals surface area contributed by atoms with Gasteiger partial charge in [0, 0.05) is 41.6 Å². The Morgan fingerprint density at radius 2 is 1.74 bits per heavy atom. The van der Waals surface area contributed by atoms with Crippen molar-refractivity contribution in [2.24, 2.45) is 0 Å². The lowest BCUT2D eigenvalue weighted by atomic mass is 10.1. The van der Waals surface area contributed by atoms with Crippen molar-refractivity contribution in [3.05, 3.63) is 64.0 Å². The number of thiophene rings is 1. The molecule has 3 heterocycles. The summed E-state index contributed by atoms with van der Waals surface area (Å²) in [5.74, 6) is -1.46.